The molecule has 0 saturated heterocycles. The molecule has 0 aliphatic carbocycles. The summed E-state index contributed by atoms with van der Waals surface area (Å²) in [5, 5.41) is 1.96. The van der Waals surface area contributed by atoms with Crippen LogP contribution < -0.4 is 26.0 Å². The van der Waals surface area contributed by atoms with E-state index in [1.807, 2.05) is 54.6 Å². The third kappa shape index (κ3) is 6.20. The Morgan fingerprint density at radius 3 is 1.22 bits per heavy atom. The van der Waals surface area contributed by atoms with E-state index in [4.69, 9.17) is 8.83 Å². The maximum Gasteiger partial charge on any atom is 0.344 e. The van der Waals surface area contributed by atoms with Crippen molar-refractivity contribution in [1.29, 1.82) is 0 Å². The van der Waals surface area contributed by atoms with Crippen LogP contribution in [0.4, 0.5) is 28.4 Å². The summed E-state index contributed by atoms with van der Waals surface area (Å²) < 4.78 is 12.7. The number of anilines is 5. The second-order valence-corrected chi connectivity index (χ2v) is 21.3. The molecule has 0 radical (unpaired) electrons. The fourth-order valence-electron chi connectivity index (χ4n) is 11.3. The highest BCUT2D eigenvalue weighted by Crippen LogP contribution is 2.53. The molecule has 7 aromatic rings. The lowest BCUT2D eigenvalue weighted by Gasteiger charge is -2.48. The van der Waals surface area contributed by atoms with E-state index in [2.05, 4.69) is 119 Å². The van der Waals surface area contributed by atoms with Crippen molar-refractivity contribution in [2.75, 3.05) is 40.9 Å². The van der Waals surface area contributed by atoms with Crippen molar-refractivity contribution < 1.29 is 8.83 Å². The first-order valence-electron chi connectivity index (χ1n) is 22.9. The molecular formula is C56H57N3O4. The number of nitrogens with zero attached hydrogens (tertiary/aromatic N) is 3. The zero-order valence-electron chi connectivity index (χ0n) is 37.9. The SMILES string of the molecule is CC1(C)CCN2CCC(C)(C)c3c2c1cc1cc(-c2ccc(N(c4ccccc4)c4ccc(-c5cc6cc7c8c(c6oc5=O)C(C)(C)CCN8CCC7(C)C)cc4)cc2)c(=O)oc31. The van der Waals surface area contributed by atoms with Crippen molar-refractivity contribution in [3.05, 3.63) is 146 Å². The summed E-state index contributed by atoms with van der Waals surface area (Å²) in [6.07, 6.45) is 4.22. The van der Waals surface area contributed by atoms with E-state index in [9.17, 15) is 9.59 Å². The summed E-state index contributed by atoms with van der Waals surface area (Å²) in [7, 11) is 0. The molecule has 11 rings (SSSR count). The van der Waals surface area contributed by atoms with E-state index < -0.39 is 0 Å². The molecule has 0 amide bonds. The molecule has 0 N–H and O–H groups in total. The predicted octanol–water partition coefficient (Wildman–Crippen LogP) is 13.0. The minimum absolute atomic E-state index is 0.0218. The summed E-state index contributed by atoms with van der Waals surface area (Å²) in [6, 6.07) is 35.3. The number of para-hydroxylation sites is 1. The first kappa shape index (κ1) is 39.7. The third-order valence-electron chi connectivity index (χ3n) is 15.3. The number of hydrogen-bond acceptors (Lipinski definition) is 7. The van der Waals surface area contributed by atoms with Crippen LogP contribution in [0.25, 0.3) is 44.2 Å². The molecule has 4 aliphatic rings. The van der Waals surface area contributed by atoms with Crippen LogP contribution in [-0.4, -0.2) is 26.2 Å². The molecule has 0 fully saturated rings. The Labute approximate surface area is 370 Å². The van der Waals surface area contributed by atoms with Crippen LogP contribution in [0, 0.1) is 0 Å². The van der Waals surface area contributed by atoms with Gasteiger partial charge < -0.3 is 23.5 Å². The maximum atomic E-state index is 14.0. The molecule has 320 valence electrons. The molecule has 0 atom stereocenters. The van der Waals surface area contributed by atoms with Gasteiger partial charge in [-0.15, -0.1) is 0 Å². The average Bonchev–Trinajstić information content (AvgIpc) is 3.25. The lowest BCUT2D eigenvalue weighted by Crippen LogP contribution is -2.44. The zero-order chi connectivity index (χ0) is 43.8. The smallest absolute Gasteiger partial charge is 0.344 e. The summed E-state index contributed by atoms with van der Waals surface area (Å²) in [5.74, 6) is 0. The van der Waals surface area contributed by atoms with Gasteiger partial charge >= 0.3 is 11.3 Å². The molecule has 4 aliphatic heterocycles. The Morgan fingerprint density at radius 1 is 0.460 bits per heavy atom. The average molecular weight is 836 g/mol. The lowest BCUT2D eigenvalue weighted by molar-refractivity contribution is 0.398. The summed E-state index contributed by atoms with van der Waals surface area (Å²) >= 11 is 0. The fraction of sp³-hybridized carbons (Fsp3) is 0.357. The van der Waals surface area contributed by atoms with Gasteiger partial charge in [-0.1, -0.05) is 97.9 Å². The Balaban J connectivity index is 0.965. The van der Waals surface area contributed by atoms with Gasteiger partial charge in [-0.25, -0.2) is 9.59 Å². The third-order valence-corrected chi connectivity index (χ3v) is 15.3. The maximum absolute atomic E-state index is 14.0. The van der Waals surface area contributed by atoms with Crippen LogP contribution in [0.15, 0.2) is 122 Å². The molecule has 63 heavy (non-hydrogen) atoms. The van der Waals surface area contributed by atoms with Gasteiger partial charge in [-0.05, 0) is 130 Å². The number of hydrogen-bond donors (Lipinski definition) is 0. The minimum atomic E-state index is -0.322. The van der Waals surface area contributed by atoms with E-state index in [1.165, 1.54) is 33.6 Å². The predicted molar refractivity (Wildman–Crippen MR) is 259 cm³/mol. The Morgan fingerprint density at radius 2 is 0.825 bits per heavy atom. The highest BCUT2D eigenvalue weighted by molar-refractivity contribution is 5.94. The zero-order valence-corrected chi connectivity index (χ0v) is 37.9. The monoisotopic (exact) mass is 835 g/mol. The Hall–Kier alpha value is -6.08. The Bertz CT molecular complexity index is 2920. The van der Waals surface area contributed by atoms with Crippen LogP contribution in [0.2, 0.25) is 0 Å². The van der Waals surface area contributed by atoms with E-state index in [1.54, 1.807) is 0 Å². The second-order valence-electron chi connectivity index (χ2n) is 21.3. The van der Waals surface area contributed by atoms with Gasteiger partial charge in [-0.3, -0.25) is 0 Å². The minimum Gasteiger partial charge on any atom is -0.422 e. The first-order valence-corrected chi connectivity index (χ1v) is 22.9. The van der Waals surface area contributed by atoms with Gasteiger partial charge in [0.15, 0.2) is 0 Å². The van der Waals surface area contributed by atoms with Gasteiger partial charge in [0, 0.05) is 76.5 Å². The molecule has 0 unspecified atom stereocenters. The quantitative estimate of drug-likeness (QED) is 0.160. The van der Waals surface area contributed by atoms with Gasteiger partial charge in [0.1, 0.15) is 11.2 Å². The van der Waals surface area contributed by atoms with E-state index in [0.717, 1.165) is 102 Å². The summed E-state index contributed by atoms with van der Waals surface area (Å²) in [4.78, 5) is 35.1. The largest absolute Gasteiger partial charge is 0.422 e. The van der Waals surface area contributed by atoms with E-state index in [-0.39, 0.29) is 32.9 Å². The van der Waals surface area contributed by atoms with Crippen molar-refractivity contribution in [2.24, 2.45) is 0 Å². The number of benzene rings is 5. The normalized spacial score (nSPS) is 18.9. The molecule has 0 spiro atoms. The molecule has 6 heterocycles. The van der Waals surface area contributed by atoms with Crippen LogP contribution >= 0.6 is 0 Å². The molecular weight excluding hydrogens is 779 g/mol. The van der Waals surface area contributed by atoms with Crippen molar-refractivity contribution in [3.63, 3.8) is 0 Å². The first-order chi connectivity index (χ1) is 30.0. The molecule has 0 bridgehead atoms. The van der Waals surface area contributed by atoms with Crippen molar-refractivity contribution in [1.82, 2.24) is 0 Å². The number of rotatable bonds is 5. The highest BCUT2D eigenvalue weighted by Gasteiger charge is 2.43. The van der Waals surface area contributed by atoms with Crippen LogP contribution in [0.3, 0.4) is 0 Å². The van der Waals surface area contributed by atoms with Crippen LogP contribution in [-0.2, 0) is 21.7 Å². The van der Waals surface area contributed by atoms with Crippen LogP contribution in [0.5, 0.6) is 0 Å². The Kier molecular flexibility index (Phi) is 8.65. The summed E-state index contributed by atoms with van der Waals surface area (Å²) in [6.45, 7) is 22.6. The molecule has 7 heteroatoms. The fourth-order valence-corrected chi connectivity index (χ4v) is 11.3. The molecule has 0 saturated carbocycles. The molecule has 7 nitrogen and oxygen atoms in total. The van der Waals surface area contributed by atoms with E-state index in [0.29, 0.717) is 11.1 Å². The van der Waals surface area contributed by atoms with Gasteiger partial charge in [0.2, 0.25) is 0 Å². The standard InChI is InChI=1S/C56H57N3O4/c1-53(2)22-26-57-28-24-55(5,6)45-47(57)43(53)32-36-30-41(51(60)62-49(36)45)34-14-18-39(19-15-34)59(38-12-10-9-11-13-38)40-20-16-35(17-21-40)42-31-37-33-44-48-46(50(37)63-52(42)61)56(7,8)25-29-58(48)27-23-54(44,3)4/h9-21,30-33H,22-29H2,1-8H3. The van der Waals surface area contributed by atoms with Gasteiger partial charge in [0.05, 0.1) is 11.1 Å². The van der Waals surface area contributed by atoms with Gasteiger partial charge in [-0.2, -0.15) is 0 Å². The van der Waals surface area contributed by atoms with Gasteiger partial charge in [0.25, 0.3) is 0 Å². The van der Waals surface area contributed by atoms with E-state index >= 15 is 0 Å². The van der Waals surface area contributed by atoms with Crippen molar-refractivity contribution >= 4 is 50.4 Å². The van der Waals surface area contributed by atoms with Crippen LogP contribution in [0.1, 0.15) is 103 Å². The highest BCUT2D eigenvalue weighted by atomic mass is 16.4. The van der Waals surface area contributed by atoms with Crippen molar-refractivity contribution in [3.8, 4) is 22.3 Å². The second kappa shape index (κ2) is 13.7. The number of fused-ring (bicyclic) bond motifs is 4. The molecule has 5 aromatic carbocycles. The topological polar surface area (TPSA) is 70.1 Å². The molecule has 2 aromatic heterocycles. The lowest BCUT2D eigenvalue weighted by atomic mass is 9.69. The van der Waals surface area contributed by atoms with Crippen molar-refractivity contribution in [2.45, 2.75) is 103 Å². The summed E-state index contributed by atoms with van der Waals surface area (Å²) in [5.41, 5.74) is 13.8.